The molecule has 0 heterocycles. The van der Waals surface area contributed by atoms with Crippen LogP contribution in [0.3, 0.4) is 0 Å². The van der Waals surface area contributed by atoms with E-state index in [1.807, 2.05) is 30.3 Å². The highest BCUT2D eigenvalue weighted by Crippen LogP contribution is 2.16. The third-order valence-electron chi connectivity index (χ3n) is 3.39. The Morgan fingerprint density at radius 1 is 1.09 bits per heavy atom. The minimum Gasteiger partial charge on any atom is -0.324 e. The second-order valence-corrected chi connectivity index (χ2v) is 5.15. The largest absolute Gasteiger partial charge is 0.324 e. The van der Waals surface area contributed by atoms with Crippen LogP contribution in [-0.2, 0) is 4.79 Å². The minimum absolute atomic E-state index is 0.145. The van der Waals surface area contributed by atoms with E-state index in [2.05, 4.69) is 17.6 Å². The van der Waals surface area contributed by atoms with E-state index in [-0.39, 0.29) is 11.7 Å². The van der Waals surface area contributed by atoms with Crippen LogP contribution in [0.2, 0.25) is 0 Å². The first-order valence-corrected chi connectivity index (χ1v) is 7.55. The van der Waals surface area contributed by atoms with Crippen LogP contribution in [0.15, 0.2) is 54.6 Å². The summed E-state index contributed by atoms with van der Waals surface area (Å²) in [6, 6.07) is 15.0. The molecule has 22 heavy (non-hydrogen) atoms. The van der Waals surface area contributed by atoms with E-state index in [0.717, 1.165) is 24.9 Å². The van der Waals surface area contributed by atoms with E-state index < -0.39 is 6.04 Å². The van der Waals surface area contributed by atoms with Crippen molar-refractivity contribution in [2.75, 3.05) is 11.9 Å². The van der Waals surface area contributed by atoms with Gasteiger partial charge in [-0.05, 0) is 42.8 Å². The second kappa shape index (κ2) is 8.29. The van der Waals surface area contributed by atoms with Crippen molar-refractivity contribution in [3.8, 4) is 0 Å². The molecule has 1 atom stereocenters. The zero-order valence-corrected chi connectivity index (χ0v) is 12.7. The maximum atomic E-state index is 12.9. The summed E-state index contributed by atoms with van der Waals surface area (Å²) in [4.78, 5) is 12.5. The van der Waals surface area contributed by atoms with Gasteiger partial charge in [0, 0.05) is 5.69 Å². The van der Waals surface area contributed by atoms with Crippen molar-refractivity contribution in [2.24, 2.45) is 0 Å². The molecule has 2 N–H and O–H groups in total. The summed E-state index contributed by atoms with van der Waals surface area (Å²) in [5.74, 6) is -0.465. The quantitative estimate of drug-likeness (QED) is 0.762. The molecular weight excluding hydrogens is 279 g/mol. The number of hydrogen-bond donors (Lipinski definition) is 2. The lowest BCUT2D eigenvalue weighted by Crippen LogP contribution is -2.33. The zero-order chi connectivity index (χ0) is 15.8. The number of rotatable bonds is 7. The number of amides is 1. The number of carbonyl (C=O) groups excluding carboxylic acids is 1. The summed E-state index contributed by atoms with van der Waals surface area (Å²) < 4.78 is 12.9. The van der Waals surface area contributed by atoms with E-state index in [1.165, 1.54) is 12.1 Å². The van der Waals surface area contributed by atoms with Gasteiger partial charge in [0.2, 0.25) is 5.91 Å². The van der Waals surface area contributed by atoms with Crippen LogP contribution in [0.1, 0.15) is 31.4 Å². The highest BCUT2D eigenvalue weighted by atomic mass is 19.1. The topological polar surface area (TPSA) is 41.1 Å². The molecule has 0 aliphatic carbocycles. The first-order chi connectivity index (χ1) is 10.7. The molecule has 0 aliphatic heterocycles. The number of halogens is 1. The molecular formula is C18H21FN2O. The molecule has 0 unspecified atom stereocenters. The van der Waals surface area contributed by atoms with E-state index in [9.17, 15) is 9.18 Å². The molecule has 0 spiro atoms. The second-order valence-electron chi connectivity index (χ2n) is 5.15. The molecule has 0 aromatic heterocycles. The van der Waals surface area contributed by atoms with Crippen molar-refractivity contribution in [1.82, 2.24) is 5.32 Å². The Hall–Kier alpha value is -2.20. The third kappa shape index (κ3) is 4.67. The molecule has 3 nitrogen and oxygen atoms in total. The van der Waals surface area contributed by atoms with Crippen LogP contribution in [0.5, 0.6) is 0 Å². The highest BCUT2D eigenvalue weighted by molar-refractivity contribution is 5.95. The fraction of sp³-hybridized carbons (Fsp3) is 0.278. The molecule has 0 saturated heterocycles. The number of unbranched alkanes of at least 4 members (excludes halogenated alkanes) is 1. The van der Waals surface area contributed by atoms with Crippen molar-refractivity contribution in [1.29, 1.82) is 0 Å². The van der Waals surface area contributed by atoms with Gasteiger partial charge in [-0.15, -0.1) is 0 Å². The van der Waals surface area contributed by atoms with Crippen LogP contribution in [0.25, 0.3) is 0 Å². The van der Waals surface area contributed by atoms with Gasteiger partial charge in [0.1, 0.15) is 11.9 Å². The Morgan fingerprint density at radius 3 is 2.41 bits per heavy atom. The summed E-state index contributed by atoms with van der Waals surface area (Å²) >= 11 is 0. The number of hydrogen-bond acceptors (Lipinski definition) is 2. The van der Waals surface area contributed by atoms with Crippen molar-refractivity contribution in [3.63, 3.8) is 0 Å². The number of benzene rings is 2. The summed E-state index contributed by atoms with van der Waals surface area (Å²) in [5, 5.41) is 6.11. The fourth-order valence-electron chi connectivity index (χ4n) is 2.18. The van der Waals surface area contributed by atoms with Crippen LogP contribution in [-0.4, -0.2) is 12.5 Å². The van der Waals surface area contributed by atoms with E-state index in [0.29, 0.717) is 5.69 Å². The van der Waals surface area contributed by atoms with Gasteiger partial charge in [-0.2, -0.15) is 0 Å². The van der Waals surface area contributed by atoms with Crippen molar-refractivity contribution >= 4 is 11.6 Å². The van der Waals surface area contributed by atoms with Crippen LogP contribution >= 0.6 is 0 Å². The Labute approximate surface area is 130 Å². The predicted octanol–water partition coefficient (Wildman–Crippen LogP) is 3.90. The predicted molar refractivity (Wildman–Crippen MR) is 87.1 cm³/mol. The average molecular weight is 300 g/mol. The van der Waals surface area contributed by atoms with E-state index >= 15 is 0 Å². The molecule has 0 saturated carbocycles. The lowest BCUT2D eigenvalue weighted by molar-refractivity contribution is -0.118. The van der Waals surface area contributed by atoms with Crippen molar-refractivity contribution in [3.05, 3.63) is 66.0 Å². The monoisotopic (exact) mass is 300 g/mol. The molecule has 0 radical (unpaired) electrons. The van der Waals surface area contributed by atoms with Gasteiger partial charge in [0.25, 0.3) is 0 Å². The normalized spacial score (nSPS) is 11.9. The lowest BCUT2D eigenvalue weighted by Gasteiger charge is -2.19. The third-order valence-corrected chi connectivity index (χ3v) is 3.39. The first kappa shape index (κ1) is 16.2. The Bertz CT molecular complexity index is 584. The van der Waals surface area contributed by atoms with Gasteiger partial charge in [-0.1, -0.05) is 43.7 Å². The standard InChI is InChI=1S/C18H21FN2O/c1-2-3-13-20-17(14-7-5-4-6-8-14)18(22)21-16-11-9-15(19)10-12-16/h4-12,17,20H,2-3,13H2,1H3,(H,21,22)/t17-/m1/s1. The smallest absolute Gasteiger partial charge is 0.246 e. The fourth-order valence-corrected chi connectivity index (χ4v) is 2.18. The Kier molecular flexibility index (Phi) is 6.10. The van der Waals surface area contributed by atoms with Gasteiger partial charge in [0.05, 0.1) is 0 Å². The number of carbonyl (C=O) groups is 1. The maximum absolute atomic E-state index is 12.9. The molecule has 0 fully saturated rings. The maximum Gasteiger partial charge on any atom is 0.246 e. The van der Waals surface area contributed by atoms with E-state index in [4.69, 9.17) is 0 Å². The minimum atomic E-state index is -0.419. The SMILES string of the molecule is CCCCN[C@@H](C(=O)Nc1ccc(F)cc1)c1ccccc1. The molecule has 2 aromatic rings. The summed E-state index contributed by atoms with van der Waals surface area (Å²) in [6.45, 7) is 2.88. The molecule has 1 amide bonds. The highest BCUT2D eigenvalue weighted by Gasteiger charge is 2.19. The van der Waals surface area contributed by atoms with Crippen LogP contribution in [0, 0.1) is 5.82 Å². The van der Waals surface area contributed by atoms with Gasteiger partial charge >= 0.3 is 0 Å². The molecule has 4 heteroatoms. The average Bonchev–Trinajstić information content (AvgIpc) is 2.54. The van der Waals surface area contributed by atoms with Gasteiger partial charge in [0.15, 0.2) is 0 Å². The van der Waals surface area contributed by atoms with Crippen molar-refractivity contribution in [2.45, 2.75) is 25.8 Å². The van der Waals surface area contributed by atoms with Gasteiger partial charge < -0.3 is 10.6 Å². The lowest BCUT2D eigenvalue weighted by atomic mass is 10.1. The molecule has 2 rings (SSSR count). The molecule has 116 valence electrons. The van der Waals surface area contributed by atoms with Crippen LogP contribution in [0.4, 0.5) is 10.1 Å². The van der Waals surface area contributed by atoms with E-state index in [1.54, 1.807) is 12.1 Å². The summed E-state index contributed by atoms with van der Waals surface area (Å²) in [7, 11) is 0. The van der Waals surface area contributed by atoms with Crippen molar-refractivity contribution < 1.29 is 9.18 Å². The molecule has 0 bridgehead atoms. The number of nitrogens with one attached hydrogen (secondary N) is 2. The molecule has 2 aromatic carbocycles. The van der Waals surface area contributed by atoms with Crippen LogP contribution < -0.4 is 10.6 Å². The zero-order valence-electron chi connectivity index (χ0n) is 12.7. The van der Waals surface area contributed by atoms with Gasteiger partial charge in [-0.25, -0.2) is 4.39 Å². The Balaban J connectivity index is 2.09. The molecule has 0 aliphatic rings. The summed E-state index contributed by atoms with van der Waals surface area (Å²) in [5.41, 5.74) is 1.50. The van der Waals surface area contributed by atoms with Gasteiger partial charge in [-0.3, -0.25) is 4.79 Å². The summed E-state index contributed by atoms with van der Waals surface area (Å²) in [6.07, 6.45) is 2.07. The Morgan fingerprint density at radius 2 is 1.77 bits per heavy atom. The first-order valence-electron chi connectivity index (χ1n) is 7.55. The number of anilines is 1.